The van der Waals surface area contributed by atoms with Gasteiger partial charge in [0.05, 0.1) is 15.3 Å². The number of aromatic nitrogens is 1. The number of fused-ring (bicyclic) bond motifs is 1. The fourth-order valence-corrected chi connectivity index (χ4v) is 2.41. The van der Waals surface area contributed by atoms with Gasteiger partial charge in [-0.3, -0.25) is 0 Å². The van der Waals surface area contributed by atoms with E-state index in [1.807, 2.05) is 20.8 Å². The van der Waals surface area contributed by atoms with Crippen LogP contribution in [0.1, 0.15) is 26.3 Å². The molecule has 7 heteroatoms. The molecule has 0 radical (unpaired) electrons. The van der Waals surface area contributed by atoms with Crippen LogP contribution in [-0.2, 0) is 11.0 Å². The summed E-state index contributed by atoms with van der Waals surface area (Å²) in [5.41, 5.74) is 0.903. The monoisotopic (exact) mass is 346 g/mol. The van der Waals surface area contributed by atoms with Crippen molar-refractivity contribution in [2.24, 2.45) is 4.40 Å². The third-order valence-corrected chi connectivity index (χ3v) is 4.59. The minimum atomic E-state index is -1.39. The zero-order chi connectivity index (χ0) is 15.8. The molecule has 0 fully saturated rings. The summed E-state index contributed by atoms with van der Waals surface area (Å²) in [7, 11) is -1.39. The average molecular weight is 347 g/mol. The predicted octanol–water partition coefficient (Wildman–Crippen LogP) is 4.56. The summed E-state index contributed by atoms with van der Waals surface area (Å²) in [5, 5.41) is 0.806. The van der Waals surface area contributed by atoms with E-state index in [2.05, 4.69) is 9.38 Å². The van der Waals surface area contributed by atoms with E-state index in [0.29, 0.717) is 16.5 Å². The maximum absolute atomic E-state index is 13.4. The van der Waals surface area contributed by atoms with Crippen LogP contribution < -0.4 is 0 Å². The van der Waals surface area contributed by atoms with Gasteiger partial charge in [0.2, 0.25) is 0 Å². The smallest absolute Gasteiger partial charge is 0.144 e. The fourth-order valence-electron chi connectivity index (χ4n) is 1.51. The van der Waals surface area contributed by atoms with Crippen molar-refractivity contribution < 1.29 is 8.60 Å². The van der Waals surface area contributed by atoms with Crippen molar-refractivity contribution in [3.63, 3.8) is 0 Å². The van der Waals surface area contributed by atoms with Crippen molar-refractivity contribution in [1.29, 1.82) is 0 Å². The Balaban J connectivity index is 2.46. The quantitative estimate of drug-likeness (QED) is 0.590. The molecule has 112 valence electrons. The Hall–Kier alpha value is -1.04. The molecular formula is C14H13Cl2FN2OS. The second-order valence-corrected chi connectivity index (χ2v) is 8.12. The van der Waals surface area contributed by atoms with Gasteiger partial charge in [0.1, 0.15) is 22.0 Å². The van der Waals surface area contributed by atoms with Crippen molar-refractivity contribution in [1.82, 2.24) is 4.98 Å². The lowest BCUT2D eigenvalue weighted by Crippen LogP contribution is -2.19. The summed E-state index contributed by atoms with van der Waals surface area (Å²) < 4.78 is 28.8. The molecule has 0 aliphatic carbocycles. The SMILES string of the molecule is CC(C)(C)S(=O)/N=C/c1cc2cc(Cl)c(F)cc2nc1Cl. The number of halogens is 3. The highest BCUT2D eigenvalue weighted by Gasteiger charge is 2.18. The first-order valence-electron chi connectivity index (χ1n) is 6.10. The molecule has 1 aromatic carbocycles. The topological polar surface area (TPSA) is 42.3 Å². The number of nitrogens with zero attached hydrogens (tertiary/aromatic N) is 2. The first kappa shape index (κ1) is 16.3. The van der Waals surface area contributed by atoms with Gasteiger partial charge < -0.3 is 0 Å². The molecule has 0 amide bonds. The number of hydrogen-bond acceptors (Lipinski definition) is 2. The maximum Gasteiger partial charge on any atom is 0.144 e. The molecule has 1 atom stereocenters. The summed E-state index contributed by atoms with van der Waals surface area (Å²) in [6, 6.07) is 4.37. The Bertz CT molecular complexity index is 757. The lowest BCUT2D eigenvalue weighted by atomic mass is 10.1. The molecule has 0 N–H and O–H groups in total. The third-order valence-electron chi connectivity index (χ3n) is 2.65. The molecule has 2 rings (SSSR count). The molecule has 0 aliphatic rings. The van der Waals surface area contributed by atoms with Crippen LogP contribution in [0.3, 0.4) is 0 Å². The van der Waals surface area contributed by atoms with Crippen LogP contribution in [0.15, 0.2) is 22.6 Å². The van der Waals surface area contributed by atoms with Gasteiger partial charge >= 0.3 is 0 Å². The van der Waals surface area contributed by atoms with E-state index in [1.54, 1.807) is 6.07 Å². The average Bonchev–Trinajstić information content (AvgIpc) is 2.37. The number of pyridine rings is 1. The van der Waals surface area contributed by atoms with Gasteiger partial charge in [0.25, 0.3) is 0 Å². The van der Waals surface area contributed by atoms with Crippen LogP contribution in [0.25, 0.3) is 10.9 Å². The molecular weight excluding hydrogens is 334 g/mol. The van der Waals surface area contributed by atoms with Crippen LogP contribution in [0.5, 0.6) is 0 Å². The minimum Gasteiger partial charge on any atom is -0.235 e. The molecule has 1 unspecified atom stereocenters. The van der Waals surface area contributed by atoms with Crippen LogP contribution in [0.4, 0.5) is 4.39 Å². The van der Waals surface area contributed by atoms with Gasteiger partial charge in [-0.2, -0.15) is 4.40 Å². The van der Waals surface area contributed by atoms with E-state index in [4.69, 9.17) is 23.2 Å². The first-order valence-corrected chi connectivity index (χ1v) is 7.96. The second kappa shape index (κ2) is 5.99. The van der Waals surface area contributed by atoms with Gasteiger partial charge in [-0.05, 0) is 32.9 Å². The molecule has 0 saturated heterocycles. The number of benzene rings is 1. The highest BCUT2D eigenvalue weighted by molar-refractivity contribution is 7.85. The summed E-state index contributed by atoms with van der Waals surface area (Å²) >= 11 is 11.8. The van der Waals surface area contributed by atoms with E-state index in [0.717, 1.165) is 0 Å². The predicted molar refractivity (Wildman–Crippen MR) is 87.2 cm³/mol. The fraction of sp³-hybridized carbons (Fsp3) is 0.286. The number of rotatable bonds is 2. The molecule has 2 aromatic rings. The van der Waals surface area contributed by atoms with Crippen LogP contribution >= 0.6 is 23.2 Å². The van der Waals surface area contributed by atoms with Crippen molar-refractivity contribution in [2.75, 3.05) is 0 Å². The Kier molecular flexibility index (Phi) is 4.66. The second-order valence-electron chi connectivity index (χ2n) is 5.42. The molecule has 0 saturated carbocycles. The van der Waals surface area contributed by atoms with Gasteiger partial charge in [-0.25, -0.2) is 13.6 Å². The normalized spacial score (nSPS) is 14.0. The molecule has 1 heterocycles. The molecule has 21 heavy (non-hydrogen) atoms. The zero-order valence-corrected chi connectivity index (χ0v) is 14.0. The van der Waals surface area contributed by atoms with Crippen LogP contribution in [0.2, 0.25) is 10.2 Å². The van der Waals surface area contributed by atoms with Gasteiger partial charge in [-0.1, -0.05) is 23.2 Å². The van der Waals surface area contributed by atoms with Gasteiger partial charge in [0, 0.05) is 23.2 Å². The Morgan fingerprint density at radius 2 is 1.95 bits per heavy atom. The maximum atomic E-state index is 13.4. The lowest BCUT2D eigenvalue weighted by molar-refractivity contribution is 0.630. The van der Waals surface area contributed by atoms with Gasteiger partial charge in [-0.15, -0.1) is 0 Å². The Morgan fingerprint density at radius 3 is 2.57 bits per heavy atom. The molecule has 1 aromatic heterocycles. The van der Waals surface area contributed by atoms with Crippen molar-refractivity contribution in [3.8, 4) is 0 Å². The zero-order valence-electron chi connectivity index (χ0n) is 11.7. The van der Waals surface area contributed by atoms with Crippen molar-refractivity contribution >= 4 is 51.3 Å². The highest BCUT2D eigenvalue weighted by Crippen LogP contribution is 2.25. The van der Waals surface area contributed by atoms with E-state index in [9.17, 15) is 8.60 Å². The standard InChI is InChI=1S/C14H13Cl2FN2OS/c1-14(2,3)21(20)18-7-9-4-8-5-10(15)11(17)6-12(8)19-13(9)16/h4-7H,1-3H3/b18-7+. The largest absolute Gasteiger partial charge is 0.235 e. The number of hydrogen-bond donors (Lipinski definition) is 0. The summed E-state index contributed by atoms with van der Waals surface area (Å²) in [6.45, 7) is 5.47. The molecule has 0 aliphatic heterocycles. The van der Waals surface area contributed by atoms with Crippen LogP contribution in [0, 0.1) is 5.82 Å². The lowest BCUT2D eigenvalue weighted by Gasteiger charge is -2.12. The summed E-state index contributed by atoms with van der Waals surface area (Å²) in [4.78, 5) is 4.09. The van der Waals surface area contributed by atoms with E-state index in [-0.39, 0.29) is 10.2 Å². The van der Waals surface area contributed by atoms with Gasteiger partial charge in [0.15, 0.2) is 0 Å². The molecule has 0 bridgehead atoms. The third kappa shape index (κ3) is 3.78. The van der Waals surface area contributed by atoms with Crippen molar-refractivity contribution in [2.45, 2.75) is 25.5 Å². The molecule has 3 nitrogen and oxygen atoms in total. The first-order chi connectivity index (χ1) is 9.68. The van der Waals surface area contributed by atoms with E-state index in [1.165, 1.54) is 18.3 Å². The summed E-state index contributed by atoms with van der Waals surface area (Å²) in [6.07, 6.45) is 1.41. The van der Waals surface area contributed by atoms with E-state index < -0.39 is 21.5 Å². The highest BCUT2D eigenvalue weighted by atomic mass is 35.5. The summed E-state index contributed by atoms with van der Waals surface area (Å²) in [5.74, 6) is -0.553. The van der Waals surface area contributed by atoms with Crippen molar-refractivity contribution in [3.05, 3.63) is 39.8 Å². The van der Waals surface area contributed by atoms with E-state index >= 15 is 0 Å². The minimum absolute atomic E-state index is 0.00720. The Morgan fingerprint density at radius 1 is 1.29 bits per heavy atom. The molecule has 0 spiro atoms. The van der Waals surface area contributed by atoms with Crippen LogP contribution in [-0.4, -0.2) is 20.2 Å². The Labute approximate surface area is 134 Å².